The zero-order valence-electron chi connectivity index (χ0n) is 12.3. The van der Waals surface area contributed by atoms with Crippen LogP contribution in [0, 0.1) is 0 Å². The first-order valence-corrected chi connectivity index (χ1v) is 9.00. The van der Waals surface area contributed by atoms with E-state index in [-0.39, 0.29) is 6.10 Å². The first kappa shape index (κ1) is 14.4. The van der Waals surface area contributed by atoms with E-state index < -0.39 is 0 Å². The van der Waals surface area contributed by atoms with Gasteiger partial charge in [-0.1, -0.05) is 0 Å². The van der Waals surface area contributed by atoms with E-state index in [9.17, 15) is 0 Å². The highest BCUT2D eigenvalue weighted by molar-refractivity contribution is 7.99. The summed E-state index contributed by atoms with van der Waals surface area (Å²) in [6, 6.07) is 1.08. The van der Waals surface area contributed by atoms with Crippen LogP contribution in [-0.4, -0.2) is 39.7 Å². The number of rotatable bonds is 4. The fourth-order valence-corrected chi connectivity index (χ4v) is 4.32. The SMILES string of the molecule is CCn1ccnc1[C@H]1OCCC[C@@H]1NC1CCSCC1. The van der Waals surface area contributed by atoms with Crippen molar-refractivity contribution < 1.29 is 4.74 Å². The quantitative estimate of drug-likeness (QED) is 0.927. The molecule has 2 aliphatic rings. The lowest BCUT2D eigenvalue weighted by atomic mass is 9.99. The molecule has 0 aliphatic carbocycles. The molecule has 0 spiro atoms. The third kappa shape index (κ3) is 3.21. The normalized spacial score (nSPS) is 28.6. The minimum atomic E-state index is 0.119. The molecule has 1 aromatic heterocycles. The van der Waals surface area contributed by atoms with E-state index in [1.54, 1.807) is 0 Å². The molecule has 20 heavy (non-hydrogen) atoms. The van der Waals surface area contributed by atoms with Crippen LogP contribution in [0.25, 0.3) is 0 Å². The molecule has 1 N–H and O–H groups in total. The van der Waals surface area contributed by atoms with Gasteiger partial charge >= 0.3 is 0 Å². The van der Waals surface area contributed by atoms with Gasteiger partial charge in [0.05, 0.1) is 0 Å². The predicted molar refractivity (Wildman–Crippen MR) is 83.1 cm³/mol. The molecule has 112 valence electrons. The summed E-state index contributed by atoms with van der Waals surface area (Å²) in [6.45, 7) is 3.98. The van der Waals surface area contributed by atoms with Crippen molar-refractivity contribution in [1.29, 1.82) is 0 Å². The highest BCUT2D eigenvalue weighted by Crippen LogP contribution is 2.29. The Morgan fingerprint density at radius 3 is 3.05 bits per heavy atom. The lowest BCUT2D eigenvalue weighted by Crippen LogP contribution is -2.46. The summed E-state index contributed by atoms with van der Waals surface area (Å²) >= 11 is 2.08. The van der Waals surface area contributed by atoms with Gasteiger partial charge in [-0.2, -0.15) is 11.8 Å². The van der Waals surface area contributed by atoms with Crippen molar-refractivity contribution in [2.45, 2.75) is 57.3 Å². The standard InChI is InChI=1S/C15H25N3OS/c1-2-18-8-7-16-15(18)14-13(4-3-9-19-14)17-12-5-10-20-11-6-12/h7-8,12-14,17H,2-6,9-11H2,1H3/t13-,14-/m0/s1. The first-order valence-electron chi connectivity index (χ1n) is 7.85. The number of hydrogen-bond acceptors (Lipinski definition) is 4. The van der Waals surface area contributed by atoms with Crippen LogP contribution >= 0.6 is 11.8 Å². The van der Waals surface area contributed by atoms with Gasteiger partial charge in [0, 0.05) is 37.6 Å². The summed E-state index contributed by atoms with van der Waals surface area (Å²) in [7, 11) is 0. The number of aryl methyl sites for hydroxylation is 1. The minimum Gasteiger partial charge on any atom is -0.369 e. The molecule has 1 aromatic rings. The smallest absolute Gasteiger partial charge is 0.139 e. The van der Waals surface area contributed by atoms with Gasteiger partial charge in [-0.15, -0.1) is 0 Å². The maximum Gasteiger partial charge on any atom is 0.139 e. The second kappa shape index (κ2) is 6.96. The van der Waals surface area contributed by atoms with Crippen LogP contribution in [0.4, 0.5) is 0 Å². The van der Waals surface area contributed by atoms with E-state index in [0.29, 0.717) is 12.1 Å². The van der Waals surface area contributed by atoms with E-state index in [1.807, 2.05) is 6.20 Å². The summed E-state index contributed by atoms with van der Waals surface area (Å²) in [5.74, 6) is 3.67. The summed E-state index contributed by atoms with van der Waals surface area (Å²) in [5, 5.41) is 3.86. The molecule has 2 atom stereocenters. The van der Waals surface area contributed by atoms with Crippen molar-refractivity contribution in [2.75, 3.05) is 18.1 Å². The van der Waals surface area contributed by atoms with E-state index >= 15 is 0 Å². The molecule has 0 saturated carbocycles. The van der Waals surface area contributed by atoms with E-state index in [1.165, 1.54) is 30.8 Å². The average Bonchev–Trinajstić information content (AvgIpc) is 2.97. The number of nitrogens with zero attached hydrogens (tertiary/aromatic N) is 2. The third-order valence-corrected chi connectivity index (χ3v) is 5.39. The Kier molecular flexibility index (Phi) is 5.02. The highest BCUT2D eigenvalue weighted by Gasteiger charge is 2.32. The molecule has 3 rings (SSSR count). The monoisotopic (exact) mass is 295 g/mol. The number of nitrogens with one attached hydrogen (secondary N) is 1. The fourth-order valence-electron chi connectivity index (χ4n) is 3.22. The molecule has 0 unspecified atom stereocenters. The van der Waals surface area contributed by atoms with Crippen LogP contribution < -0.4 is 5.32 Å². The Bertz CT molecular complexity index is 417. The van der Waals surface area contributed by atoms with Crippen LogP contribution in [-0.2, 0) is 11.3 Å². The van der Waals surface area contributed by atoms with Crippen LogP contribution in [0.2, 0.25) is 0 Å². The second-order valence-electron chi connectivity index (χ2n) is 5.66. The molecular weight excluding hydrogens is 270 g/mol. The van der Waals surface area contributed by atoms with Gasteiger partial charge in [0.15, 0.2) is 0 Å². The number of thioether (sulfide) groups is 1. The minimum absolute atomic E-state index is 0.119. The largest absolute Gasteiger partial charge is 0.369 e. The van der Waals surface area contributed by atoms with Gasteiger partial charge in [0.1, 0.15) is 11.9 Å². The Labute approximate surface area is 125 Å². The van der Waals surface area contributed by atoms with Crippen molar-refractivity contribution >= 4 is 11.8 Å². The molecule has 0 radical (unpaired) electrons. The van der Waals surface area contributed by atoms with Crippen molar-refractivity contribution in [2.24, 2.45) is 0 Å². The van der Waals surface area contributed by atoms with Crippen molar-refractivity contribution in [1.82, 2.24) is 14.9 Å². The van der Waals surface area contributed by atoms with Gasteiger partial charge in [0.2, 0.25) is 0 Å². The Balaban J connectivity index is 1.70. The van der Waals surface area contributed by atoms with Crippen molar-refractivity contribution in [3.8, 4) is 0 Å². The van der Waals surface area contributed by atoms with Crippen LogP contribution in [0.5, 0.6) is 0 Å². The fraction of sp³-hybridized carbons (Fsp3) is 0.800. The van der Waals surface area contributed by atoms with Gasteiger partial charge in [-0.3, -0.25) is 0 Å². The number of hydrogen-bond donors (Lipinski definition) is 1. The molecule has 3 heterocycles. The number of ether oxygens (including phenoxy) is 1. The molecule has 0 bridgehead atoms. The summed E-state index contributed by atoms with van der Waals surface area (Å²) in [5.41, 5.74) is 0. The topological polar surface area (TPSA) is 39.1 Å². The van der Waals surface area contributed by atoms with Gasteiger partial charge < -0.3 is 14.6 Å². The van der Waals surface area contributed by atoms with Crippen molar-refractivity contribution in [3.05, 3.63) is 18.2 Å². The van der Waals surface area contributed by atoms with Gasteiger partial charge in [-0.05, 0) is 44.1 Å². The second-order valence-corrected chi connectivity index (χ2v) is 6.89. The molecule has 2 saturated heterocycles. The molecule has 0 aromatic carbocycles. The van der Waals surface area contributed by atoms with Gasteiger partial charge in [-0.25, -0.2) is 4.98 Å². The highest BCUT2D eigenvalue weighted by atomic mass is 32.2. The predicted octanol–water partition coefficient (Wildman–Crippen LogP) is 2.61. The van der Waals surface area contributed by atoms with Gasteiger partial charge in [0.25, 0.3) is 0 Å². The molecular formula is C15H25N3OS. The Morgan fingerprint density at radius 2 is 2.25 bits per heavy atom. The maximum absolute atomic E-state index is 6.07. The molecule has 0 amide bonds. The number of imidazole rings is 1. The lowest BCUT2D eigenvalue weighted by molar-refractivity contribution is -0.0210. The Hall–Kier alpha value is -0.520. The zero-order chi connectivity index (χ0) is 13.8. The van der Waals surface area contributed by atoms with E-state index in [0.717, 1.165) is 25.4 Å². The van der Waals surface area contributed by atoms with Crippen LogP contribution in [0.15, 0.2) is 12.4 Å². The first-order chi connectivity index (χ1) is 9.88. The van der Waals surface area contributed by atoms with E-state index in [2.05, 4.69) is 39.8 Å². The summed E-state index contributed by atoms with van der Waals surface area (Å²) in [6.07, 6.45) is 9.00. The zero-order valence-corrected chi connectivity index (χ0v) is 13.1. The van der Waals surface area contributed by atoms with Crippen LogP contribution in [0.1, 0.15) is 44.5 Å². The molecule has 5 heteroatoms. The molecule has 2 aliphatic heterocycles. The van der Waals surface area contributed by atoms with E-state index in [4.69, 9.17) is 4.74 Å². The third-order valence-electron chi connectivity index (χ3n) is 4.34. The summed E-state index contributed by atoms with van der Waals surface area (Å²) < 4.78 is 8.28. The number of aromatic nitrogens is 2. The summed E-state index contributed by atoms with van der Waals surface area (Å²) in [4.78, 5) is 4.55. The van der Waals surface area contributed by atoms with Crippen LogP contribution in [0.3, 0.4) is 0 Å². The molecule has 2 fully saturated rings. The molecule has 4 nitrogen and oxygen atoms in total. The Morgan fingerprint density at radius 1 is 1.40 bits per heavy atom. The average molecular weight is 295 g/mol. The lowest BCUT2D eigenvalue weighted by Gasteiger charge is -2.36. The van der Waals surface area contributed by atoms with Crippen molar-refractivity contribution in [3.63, 3.8) is 0 Å². The maximum atomic E-state index is 6.07.